The van der Waals surface area contributed by atoms with E-state index >= 15 is 0 Å². The molecule has 12 heteroatoms. The van der Waals surface area contributed by atoms with Gasteiger partial charge in [0.1, 0.15) is 0 Å². The summed E-state index contributed by atoms with van der Waals surface area (Å²) < 4.78 is 52.1. The Morgan fingerprint density at radius 1 is 0.600 bits per heavy atom. The van der Waals surface area contributed by atoms with Crippen LogP contribution in [0, 0.1) is 0 Å². The minimum atomic E-state index is -3.95. The van der Waals surface area contributed by atoms with Crippen molar-refractivity contribution >= 4 is 20.0 Å². The number of rotatable bonds is 11. The van der Waals surface area contributed by atoms with Crippen molar-refractivity contribution in [1.29, 1.82) is 0 Å². The SMILES string of the molecule is [N-]=[N+]=NS(=O)(=O)c1ccc(CCCCCCc2ccc(S(=O)(=O)N=[N+]=[N-])cc2)cc1. The molecule has 0 unspecified atom stereocenters. The molecule has 0 aliphatic rings. The van der Waals surface area contributed by atoms with Crippen LogP contribution in [0.1, 0.15) is 36.8 Å². The molecule has 10 nitrogen and oxygen atoms in total. The van der Waals surface area contributed by atoms with Crippen LogP contribution in [-0.2, 0) is 32.9 Å². The molecule has 0 aromatic heterocycles. The van der Waals surface area contributed by atoms with Crippen molar-refractivity contribution in [2.24, 2.45) is 9.04 Å². The van der Waals surface area contributed by atoms with Gasteiger partial charge in [-0.05, 0) is 72.1 Å². The molecule has 0 aliphatic heterocycles. The molecule has 0 radical (unpaired) electrons. The van der Waals surface area contributed by atoms with Crippen LogP contribution in [0.3, 0.4) is 0 Å². The molecule has 0 bridgehead atoms. The number of hydrogen-bond donors (Lipinski definition) is 0. The second kappa shape index (κ2) is 10.7. The molecule has 2 aromatic carbocycles. The fraction of sp³-hybridized carbons (Fsp3) is 0.333. The van der Waals surface area contributed by atoms with E-state index in [2.05, 4.69) is 18.9 Å². The van der Waals surface area contributed by atoms with Gasteiger partial charge in [-0.1, -0.05) is 37.1 Å². The van der Waals surface area contributed by atoms with E-state index in [9.17, 15) is 16.8 Å². The average molecular weight is 449 g/mol. The molecule has 0 saturated heterocycles. The predicted molar refractivity (Wildman–Crippen MR) is 111 cm³/mol. The highest BCUT2D eigenvalue weighted by molar-refractivity contribution is 7.90. The van der Waals surface area contributed by atoms with Gasteiger partial charge in [-0.25, -0.2) is 16.8 Å². The Balaban J connectivity index is 1.73. The molecular formula is C18H20N6O4S2. The third kappa shape index (κ3) is 6.78. The molecule has 0 aliphatic carbocycles. The Kier molecular flexibility index (Phi) is 8.25. The summed E-state index contributed by atoms with van der Waals surface area (Å²) in [6, 6.07) is 12.6. The zero-order chi connectivity index (χ0) is 22.0. The van der Waals surface area contributed by atoms with Gasteiger partial charge in [-0.15, -0.1) is 0 Å². The number of aryl methyl sites for hydroxylation is 2. The van der Waals surface area contributed by atoms with E-state index in [0.29, 0.717) is 0 Å². The summed E-state index contributed by atoms with van der Waals surface area (Å²) in [5.74, 6) is 0. The summed E-state index contributed by atoms with van der Waals surface area (Å²) in [5.41, 5.74) is 18.6. The highest BCUT2D eigenvalue weighted by Crippen LogP contribution is 2.17. The summed E-state index contributed by atoms with van der Waals surface area (Å²) in [6.45, 7) is 0. The summed E-state index contributed by atoms with van der Waals surface area (Å²) in [5, 5.41) is 0. The van der Waals surface area contributed by atoms with E-state index in [-0.39, 0.29) is 9.79 Å². The first-order chi connectivity index (χ1) is 14.3. The summed E-state index contributed by atoms with van der Waals surface area (Å²) in [6.07, 6.45) is 5.53. The molecule has 2 aromatic rings. The first kappa shape index (κ1) is 23.2. The molecule has 0 amide bonds. The van der Waals surface area contributed by atoms with Gasteiger partial charge in [0.25, 0.3) is 20.0 Å². The third-order valence-electron chi connectivity index (χ3n) is 4.41. The van der Waals surface area contributed by atoms with Gasteiger partial charge in [-0.2, -0.15) is 0 Å². The molecule has 0 saturated carbocycles. The highest BCUT2D eigenvalue weighted by atomic mass is 32.2. The lowest BCUT2D eigenvalue weighted by molar-refractivity contribution is 0.595. The zero-order valence-electron chi connectivity index (χ0n) is 16.0. The second-order valence-corrected chi connectivity index (χ2v) is 9.66. The quantitative estimate of drug-likeness (QED) is 0.203. The first-order valence-electron chi connectivity index (χ1n) is 9.09. The number of nitrogens with zero attached hydrogens (tertiary/aromatic N) is 6. The highest BCUT2D eigenvalue weighted by Gasteiger charge is 2.12. The Hall–Kier alpha value is -3.04. The molecule has 0 N–H and O–H groups in total. The van der Waals surface area contributed by atoms with E-state index in [1.807, 2.05) is 0 Å². The molecule has 0 heterocycles. The van der Waals surface area contributed by atoms with E-state index in [1.54, 1.807) is 24.3 Å². The molecule has 0 spiro atoms. The summed E-state index contributed by atoms with van der Waals surface area (Å²) in [7, 11) is -7.89. The molecule has 0 fully saturated rings. The van der Waals surface area contributed by atoms with Gasteiger partial charge in [-0.3, -0.25) is 0 Å². The van der Waals surface area contributed by atoms with Crippen molar-refractivity contribution < 1.29 is 16.8 Å². The van der Waals surface area contributed by atoms with Crippen LogP contribution >= 0.6 is 0 Å². The van der Waals surface area contributed by atoms with E-state index < -0.39 is 20.0 Å². The predicted octanol–water partition coefficient (Wildman–Crippen LogP) is 5.03. The monoisotopic (exact) mass is 448 g/mol. The van der Waals surface area contributed by atoms with E-state index in [1.165, 1.54) is 24.3 Å². The summed E-state index contributed by atoms with van der Waals surface area (Å²) >= 11 is 0. The minimum Gasteiger partial charge on any atom is -0.216 e. The maximum atomic E-state index is 11.6. The topological polar surface area (TPSA) is 166 Å². The number of benzene rings is 2. The first-order valence-corrected chi connectivity index (χ1v) is 12.0. The van der Waals surface area contributed by atoms with Gasteiger partial charge in [0.05, 0.1) is 9.79 Å². The van der Waals surface area contributed by atoms with Gasteiger partial charge < -0.3 is 0 Å². The number of azide groups is 2. The fourth-order valence-electron chi connectivity index (χ4n) is 2.86. The molecule has 2 rings (SSSR count). The third-order valence-corrected chi connectivity index (χ3v) is 6.72. The standard InChI is InChI=1S/C18H20N6O4S2/c19-21-23-29(25,26)17-11-7-15(8-12-17)5-3-1-2-4-6-16-9-13-18(14-10-16)30(27,28)24-22-20/h7-14H,1-6H2. The van der Waals surface area contributed by atoms with Gasteiger partial charge in [0.15, 0.2) is 0 Å². The van der Waals surface area contributed by atoms with Crippen molar-refractivity contribution in [1.82, 2.24) is 0 Å². The van der Waals surface area contributed by atoms with Crippen LogP contribution in [0.5, 0.6) is 0 Å². The van der Waals surface area contributed by atoms with Crippen molar-refractivity contribution in [2.75, 3.05) is 0 Å². The van der Waals surface area contributed by atoms with Crippen molar-refractivity contribution in [3.63, 3.8) is 0 Å². The normalized spacial score (nSPS) is 11.3. The Bertz CT molecular complexity index is 1070. The number of sulfonamides is 2. The van der Waals surface area contributed by atoms with Crippen molar-refractivity contribution in [3.05, 3.63) is 80.5 Å². The second-order valence-electron chi connectivity index (χ2n) is 6.49. The Labute approximate surface area is 174 Å². The lowest BCUT2D eigenvalue weighted by Crippen LogP contribution is -1.96. The van der Waals surface area contributed by atoms with Crippen LogP contribution in [0.4, 0.5) is 0 Å². The van der Waals surface area contributed by atoms with E-state index in [0.717, 1.165) is 49.7 Å². The lowest BCUT2D eigenvalue weighted by atomic mass is 10.0. The van der Waals surface area contributed by atoms with Crippen LogP contribution < -0.4 is 0 Å². The maximum Gasteiger partial charge on any atom is 0.264 e. The Morgan fingerprint density at radius 2 is 0.933 bits per heavy atom. The van der Waals surface area contributed by atoms with Crippen LogP contribution in [0.15, 0.2) is 67.4 Å². The van der Waals surface area contributed by atoms with Crippen LogP contribution in [0.2, 0.25) is 0 Å². The van der Waals surface area contributed by atoms with Gasteiger partial charge >= 0.3 is 0 Å². The average Bonchev–Trinajstić information content (AvgIpc) is 2.71. The molecular weight excluding hydrogens is 428 g/mol. The zero-order valence-corrected chi connectivity index (χ0v) is 17.6. The van der Waals surface area contributed by atoms with Gasteiger partial charge in [0.2, 0.25) is 0 Å². The van der Waals surface area contributed by atoms with Crippen molar-refractivity contribution in [2.45, 2.75) is 48.3 Å². The van der Waals surface area contributed by atoms with Crippen LogP contribution in [-0.4, -0.2) is 16.8 Å². The molecule has 30 heavy (non-hydrogen) atoms. The summed E-state index contributed by atoms with van der Waals surface area (Å²) in [4.78, 5) is 4.59. The minimum absolute atomic E-state index is 0.0257. The smallest absolute Gasteiger partial charge is 0.216 e. The fourth-order valence-corrected chi connectivity index (χ4v) is 4.20. The van der Waals surface area contributed by atoms with E-state index in [4.69, 9.17) is 11.1 Å². The van der Waals surface area contributed by atoms with Crippen LogP contribution in [0.25, 0.3) is 20.9 Å². The molecule has 0 atom stereocenters. The maximum absolute atomic E-state index is 11.6. The number of unbranched alkanes of at least 4 members (excludes halogenated alkanes) is 3. The van der Waals surface area contributed by atoms with Crippen molar-refractivity contribution in [3.8, 4) is 0 Å². The lowest BCUT2D eigenvalue weighted by Gasteiger charge is -2.05. The largest absolute Gasteiger partial charge is 0.264 e. The molecule has 158 valence electrons. The van der Waals surface area contributed by atoms with Gasteiger partial charge in [0, 0.05) is 18.9 Å². The number of hydrogen-bond acceptors (Lipinski definition) is 4. The Morgan fingerprint density at radius 3 is 1.23 bits per heavy atom.